The SMILES string of the molecule is CC(C)(C)C(=O)CCCCCCCCCCCCCCCCCCCCC(=O)O. The number of carboxylic acids is 1. The molecule has 0 bridgehead atoms. The molecule has 0 spiro atoms. The second-order valence-corrected chi connectivity index (χ2v) is 9.93. The predicted molar refractivity (Wildman–Crippen MR) is 124 cm³/mol. The van der Waals surface area contributed by atoms with E-state index in [2.05, 4.69) is 0 Å². The van der Waals surface area contributed by atoms with Crippen molar-refractivity contribution in [3.63, 3.8) is 0 Å². The van der Waals surface area contributed by atoms with Crippen LogP contribution in [0.1, 0.15) is 149 Å². The van der Waals surface area contributed by atoms with Crippen LogP contribution in [-0.2, 0) is 9.59 Å². The fourth-order valence-corrected chi connectivity index (χ4v) is 3.77. The Morgan fingerprint density at radius 1 is 0.483 bits per heavy atom. The number of carbonyl (C=O) groups is 2. The number of rotatable bonds is 21. The van der Waals surface area contributed by atoms with Gasteiger partial charge in [-0.1, -0.05) is 124 Å². The lowest BCUT2D eigenvalue weighted by Gasteiger charge is -2.16. The highest BCUT2D eigenvalue weighted by Gasteiger charge is 2.19. The lowest BCUT2D eigenvalue weighted by molar-refractivity contribution is -0.137. The minimum absolute atomic E-state index is 0.162. The number of carboxylic acid groups (broad SMARTS) is 1. The first-order valence-electron chi connectivity index (χ1n) is 12.6. The summed E-state index contributed by atoms with van der Waals surface area (Å²) in [7, 11) is 0. The second-order valence-electron chi connectivity index (χ2n) is 9.93. The lowest BCUT2D eigenvalue weighted by Crippen LogP contribution is -2.19. The van der Waals surface area contributed by atoms with Gasteiger partial charge in [0.15, 0.2) is 0 Å². The molecule has 0 saturated heterocycles. The van der Waals surface area contributed by atoms with Gasteiger partial charge in [0.2, 0.25) is 0 Å². The fourth-order valence-electron chi connectivity index (χ4n) is 3.77. The summed E-state index contributed by atoms with van der Waals surface area (Å²) in [5, 5.41) is 8.58. The summed E-state index contributed by atoms with van der Waals surface area (Å²) >= 11 is 0. The molecule has 0 aromatic rings. The Labute approximate surface area is 181 Å². The van der Waals surface area contributed by atoms with Crippen LogP contribution in [0.5, 0.6) is 0 Å². The van der Waals surface area contributed by atoms with E-state index < -0.39 is 5.97 Å². The third-order valence-corrected chi connectivity index (χ3v) is 5.88. The number of unbranched alkanes of at least 4 members (excludes halogenated alkanes) is 17. The largest absolute Gasteiger partial charge is 0.481 e. The highest BCUT2D eigenvalue weighted by atomic mass is 16.4. The quantitative estimate of drug-likeness (QED) is 0.193. The molecule has 3 nitrogen and oxygen atoms in total. The Kier molecular flexibility index (Phi) is 18.6. The average molecular weight is 411 g/mol. The molecule has 0 aliphatic rings. The highest BCUT2D eigenvalue weighted by Crippen LogP contribution is 2.19. The molecule has 3 heteroatoms. The van der Waals surface area contributed by atoms with Crippen molar-refractivity contribution in [2.75, 3.05) is 0 Å². The number of ketones is 1. The van der Waals surface area contributed by atoms with Gasteiger partial charge >= 0.3 is 5.97 Å². The van der Waals surface area contributed by atoms with Gasteiger partial charge in [-0.25, -0.2) is 0 Å². The maximum absolute atomic E-state index is 11.8. The Morgan fingerprint density at radius 3 is 0.966 bits per heavy atom. The maximum Gasteiger partial charge on any atom is 0.303 e. The van der Waals surface area contributed by atoms with E-state index in [9.17, 15) is 9.59 Å². The summed E-state index contributed by atoms with van der Waals surface area (Å²) in [6, 6.07) is 0. The van der Waals surface area contributed by atoms with Gasteiger partial charge in [-0.05, 0) is 12.8 Å². The van der Waals surface area contributed by atoms with E-state index in [1.165, 1.54) is 96.3 Å². The minimum Gasteiger partial charge on any atom is -0.481 e. The van der Waals surface area contributed by atoms with Crippen LogP contribution in [0.15, 0.2) is 0 Å². The summed E-state index contributed by atoms with van der Waals surface area (Å²) < 4.78 is 0. The number of Topliss-reactive ketones (excluding diaryl/α,β-unsaturated/α-hetero) is 1. The summed E-state index contributed by atoms with van der Waals surface area (Å²) in [6.07, 6.45) is 24.1. The third-order valence-electron chi connectivity index (χ3n) is 5.88. The van der Waals surface area contributed by atoms with Crippen LogP contribution in [0.2, 0.25) is 0 Å². The van der Waals surface area contributed by atoms with Crippen LogP contribution in [0.3, 0.4) is 0 Å². The standard InChI is InChI=1S/C26H50O3/c1-26(2,3)24(27)22-20-18-16-14-12-10-8-6-4-5-7-9-11-13-15-17-19-21-23-25(28)29/h4-23H2,1-3H3,(H,28,29). The average Bonchev–Trinajstić information content (AvgIpc) is 2.65. The molecule has 0 amide bonds. The van der Waals surface area contributed by atoms with Crippen LogP contribution in [0.25, 0.3) is 0 Å². The van der Waals surface area contributed by atoms with E-state index >= 15 is 0 Å². The lowest BCUT2D eigenvalue weighted by atomic mass is 9.88. The highest BCUT2D eigenvalue weighted by molar-refractivity contribution is 5.83. The molecule has 0 aromatic carbocycles. The first kappa shape index (κ1) is 28.1. The molecule has 0 aliphatic heterocycles. The molecule has 0 unspecified atom stereocenters. The number of hydrogen-bond acceptors (Lipinski definition) is 2. The molecule has 0 atom stereocenters. The van der Waals surface area contributed by atoms with Gasteiger partial charge in [0, 0.05) is 18.3 Å². The van der Waals surface area contributed by atoms with Crippen molar-refractivity contribution in [3.05, 3.63) is 0 Å². The molecule has 0 fully saturated rings. The molecule has 0 heterocycles. The Hall–Kier alpha value is -0.860. The van der Waals surface area contributed by atoms with E-state index in [0.29, 0.717) is 12.2 Å². The van der Waals surface area contributed by atoms with E-state index in [-0.39, 0.29) is 5.41 Å². The van der Waals surface area contributed by atoms with E-state index in [1.54, 1.807) is 0 Å². The predicted octanol–water partition coefficient (Wildman–Crippen LogP) is 8.49. The third kappa shape index (κ3) is 21.7. The maximum atomic E-state index is 11.8. The smallest absolute Gasteiger partial charge is 0.303 e. The van der Waals surface area contributed by atoms with Crippen molar-refractivity contribution in [2.24, 2.45) is 5.41 Å². The van der Waals surface area contributed by atoms with Crippen molar-refractivity contribution in [2.45, 2.75) is 149 Å². The second kappa shape index (κ2) is 19.1. The van der Waals surface area contributed by atoms with Crippen LogP contribution in [0.4, 0.5) is 0 Å². The van der Waals surface area contributed by atoms with Gasteiger partial charge in [0.1, 0.15) is 5.78 Å². The Bertz CT molecular complexity index is 395. The molecule has 0 saturated carbocycles. The van der Waals surface area contributed by atoms with Crippen LogP contribution in [0, 0.1) is 5.41 Å². The summed E-state index contributed by atoms with van der Waals surface area (Å²) in [6.45, 7) is 6.06. The monoisotopic (exact) mass is 410 g/mol. The normalized spacial score (nSPS) is 11.7. The van der Waals surface area contributed by atoms with Gasteiger partial charge in [0.25, 0.3) is 0 Å². The topological polar surface area (TPSA) is 54.4 Å². The van der Waals surface area contributed by atoms with E-state index in [0.717, 1.165) is 25.7 Å². The zero-order chi connectivity index (χ0) is 21.8. The molecule has 29 heavy (non-hydrogen) atoms. The summed E-state index contributed by atoms with van der Waals surface area (Å²) in [5.41, 5.74) is -0.162. The molecule has 0 rings (SSSR count). The summed E-state index contributed by atoms with van der Waals surface area (Å²) in [4.78, 5) is 22.3. The zero-order valence-corrected chi connectivity index (χ0v) is 19.9. The molecule has 0 aliphatic carbocycles. The van der Waals surface area contributed by atoms with Gasteiger partial charge < -0.3 is 5.11 Å². The van der Waals surface area contributed by atoms with Gasteiger partial charge in [-0.2, -0.15) is 0 Å². The van der Waals surface area contributed by atoms with Crippen molar-refractivity contribution in [1.82, 2.24) is 0 Å². The fraction of sp³-hybridized carbons (Fsp3) is 0.923. The number of aliphatic carboxylic acids is 1. The van der Waals surface area contributed by atoms with Crippen molar-refractivity contribution >= 4 is 11.8 Å². The van der Waals surface area contributed by atoms with Crippen LogP contribution >= 0.6 is 0 Å². The van der Waals surface area contributed by atoms with Crippen molar-refractivity contribution in [1.29, 1.82) is 0 Å². The van der Waals surface area contributed by atoms with Crippen LogP contribution < -0.4 is 0 Å². The van der Waals surface area contributed by atoms with E-state index in [1.807, 2.05) is 20.8 Å². The minimum atomic E-state index is -0.661. The number of hydrogen-bond donors (Lipinski definition) is 1. The summed E-state index contributed by atoms with van der Waals surface area (Å²) in [5.74, 6) is -0.253. The van der Waals surface area contributed by atoms with Gasteiger partial charge in [-0.3, -0.25) is 9.59 Å². The number of carbonyl (C=O) groups excluding carboxylic acids is 1. The van der Waals surface area contributed by atoms with Gasteiger partial charge in [-0.15, -0.1) is 0 Å². The first-order valence-corrected chi connectivity index (χ1v) is 12.6. The molecular weight excluding hydrogens is 360 g/mol. The zero-order valence-electron chi connectivity index (χ0n) is 19.9. The Morgan fingerprint density at radius 2 is 0.724 bits per heavy atom. The van der Waals surface area contributed by atoms with E-state index in [4.69, 9.17) is 5.11 Å². The molecule has 172 valence electrons. The molecule has 0 radical (unpaired) electrons. The molecule has 1 N–H and O–H groups in total. The first-order chi connectivity index (χ1) is 13.8. The molecule has 0 aromatic heterocycles. The molecular formula is C26H50O3. The Balaban J connectivity index is 3.12. The van der Waals surface area contributed by atoms with Crippen molar-refractivity contribution in [3.8, 4) is 0 Å². The van der Waals surface area contributed by atoms with Crippen molar-refractivity contribution < 1.29 is 14.7 Å². The van der Waals surface area contributed by atoms with Gasteiger partial charge in [0.05, 0.1) is 0 Å². The van der Waals surface area contributed by atoms with Crippen LogP contribution in [-0.4, -0.2) is 16.9 Å².